The average Bonchev–Trinajstić information content (AvgIpc) is 3.01. The molecule has 25 heavy (non-hydrogen) atoms. The van der Waals surface area contributed by atoms with Crippen LogP contribution in [0.3, 0.4) is 0 Å². The van der Waals surface area contributed by atoms with E-state index in [9.17, 15) is 4.79 Å². The van der Waals surface area contributed by atoms with Gasteiger partial charge in [-0.15, -0.1) is 11.3 Å². The first-order valence-electron chi connectivity index (χ1n) is 8.66. The van der Waals surface area contributed by atoms with E-state index in [1.807, 2.05) is 23.6 Å². The van der Waals surface area contributed by atoms with Crippen LogP contribution in [0.2, 0.25) is 0 Å². The topological polar surface area (TPSA) is 51.2 Å². The van der Waals surface area contributed by atoms with Crippen LogP contribution in [-0.4, -0.2) is 17.0 Å². The molecule has 1 atom stereocenters. The molecule has 2 rings (SSSR count). The maximum Gasteiger partial charge on any atom is 0.261 e. The van der Waals surface area contributed by atoms with Crippen molar-refractivity contribution in [2.24, 2.45) is 0 Å². The van der Waals surface area contributed by atoms with Gasteiger partial charge in [-0.1, -0.05) is 46.8 Å². The summed E-state index contributed by atoms with van der Waals surface area (Å²) in [6, 6.07) is 7.92. The minimum absolute atomic E-state index is 0.0452. The second-order valence-electron chi connectivity index (χ2n) is 7.59. The smallest absolute Gasteiger partial charge is 0.261 e. The predicted octanol–water partition coefficient (Wildman–Crippen LogP) is 4.65. The molecule has 0 aliphatic rings. The molecule has 0 bridgehead atoms. The van der Waals surface area contributed by atoms with E-state index in [2.05, 4.69) is 51.0 Å². The lowest BCUT2D eigenvalue weighted by atomic mass is 9.87. The van der Waals surface area contributed by atoms with Crippen molar-refractivity contribution in [1.29, 1.82) is 0 Å². The summed E-state index contributed by atoms with van der Waals surface area (Å²) in [6.07, 6.45) is -0.557. The molecule has 0 aliphatic carbocycles. The van der Waals surface area contributed by atoms with Crippen LogP contribution in [0.25, 0.3) is 0 Å². The van der Waals surface area contributed by atoms with Crippen molar-refractivity contribution in [2.75, 3.05) is 0 Å². The van der Waals surface area contributed by atoms with Gasteiger partial charge in [-0.25, -0.2) is 4.98 Å². The first kappa shape index (κ1) is 19.4. The number of carbonyl (C=O) groups is 1. The van der Waals surface area contributed by atoms with Gasteiger partial charge in [0.15, 0.2) is 6.10 Å². The first-order valence-corrected chi connectivity index (χ1v) is 9.54. The standard InChI is InChI=1S/C20H28N2O2S/c1-13(2)19-22-16(12-25-19)11-21-18(23)14(3)24-17-9-7-8-15(10-17)20(4,5)6/h7-10,12-14H,11H2,1-6H3,(H,21,23). The number of benzene rings is 1. The van der Waals surface area contributed by atoms with E-state index in [0.717, 1.165) is 10.7 Å². The number of ether oxygens (including phenoxy) is 1. The van der Waals surface area contributed by atoms with Gasteiger partial charge < -0.3 is 10.1 Å². The van der Waals surface area contributed by atoms with Crippen molar-refractivity contribution >= 4 is 17.2 Å². The van der Waals surface area contributed by atoms with Gasteiger partial charge in [0.25, 0.3) is 5.91 Å². The molecular weight excluding hydrogens is 332 g/mol. The highest BCUT2D eigenvalue weighted by atomic mass is 32.1. The third-order valence-electron chi connectivity index (χ3n) is 3.89. The SMILES string of the molecule is CC(Oc1cccc(C(C)(C)C)c1)C(=O)NCc1csc(C(C)C)n1. The van der Waals surface area contributed by atoms with Gasteiger partial charge in [0.2, 0.25) is 0 Å². The van der Waals surface area contributed by atoms with E-state index in [1.165, 1.54) is 5.56 Å². The van der Waals surface area contributed by atoms with Gasteiger partial charge in [0.05, 0.1) is 17.2 Å². The van der Waals surface area contributed by atoms with Crippen LogP contribution in [0.4, 0.5) is 0 Å². The fourth-order valence-electron chi connectivity index (χ4n) is 2.28. The Morgan fingerprint density at radius 2 is 2.00 bits per heavy atom. The molecule has 0 radical (unpaired) electrons. The van der Waals surface area contributed by atoms with Crippen molar-refractivity contribution in [3.63, 3.8) is 0 Å². The zero-order chi connectivity index (χ0) is 18.6. The van der Waals surface area contributed by atoms with E-state index in [-0.39, 0.29) is 11.3 Å². The molecular formula is C20H28N2O2S. The van der Waals surface area contributed by atoms with Crippen molar-refractivity contribution in [2.45, 2.75) is 65.5 Å². The molecule has 5 heteroatoms. The number of thiazole rings is 1. The van der Waals surface area contributed by atoms with Gasteiger partial charge >= 0.3 is 0 Å². The summed E-state index contributed by atoms with van der Waals surface area (Å²) in [5.41, 5.74) is 2.12. The van der Waals surface area contributed by atoms with Gasteiger partial charge in [-0.05, 0) is 30.0 Å². The molecule has 0 spiro atoms. The molecule has 1 unspecified atom stereocenters. The summed E-state index contributed by atoms with van der Waals surface area (Å²) in [7, 11) is 0. The zero-order valence-corrected chi connectivity index (χ0v) is 16.7. The Kier molecular flexibility index (Phi) is 6.22. The summed E-state index contributed by atoms with van der Waals surface area (Å²) in [4.78, 5) is 16.8. The molecule has 1 N–H and O–H groups in total. The van der Waals surface area contributed by atoms with E-state index >= 15 is 0 Å². The van der Waals surface area contributed by atoms with Crippen LogP contribution in [0.1, 0.15) is 63.7 Å². The molecule has 0 aliphatic heterocycles. The Bertz CT molecular complexity index is 716. The second-order valence-corrected chi connectivity index (χ2v) is 8.48. The van der Waals surface area contributed by atoms with Crippen molar-refractivity contribution < 1.29 is 9.53 Å². The van der Waals surface area contributed by atoms with E-state index < -0.39 is 6.10 Å². The molecule has 1 aromatic heterocycles. The monoisotopic (exact) mass is 360 g/mol. The fourth-order valence-corrected chi connectivity index (χ4v) is 3.12. The molecule has 0 fully saturated rings. The maximum atomic E-state index is 12.3. The number of carbonyl (C=O) groups excluding carboxylic acids is 1. The third kappa shape index (κ3) is 5.56. The van der Waals surface area contributed by atoms with E-state index in [1.54, 1.807) is 18.3 Å². The normalized spacial score (nSPS) is 12.9. The Morgan fingerprint density at radius 3 is 2.60 bits per heavy atom. The second kappa shape index (κ2) is 8.00. The average molecular weight is 361 g/mol. The van der Waals surface area contributed by atoms with Crippen LogP contribution >= 0.6 is 11.3 Å². The van der Waals surface area contributed by atoms with E-state index in [4.69, 9.17) is 4.74 Å². The molecule has 1 amide bonds. The summed E-state index contributed by atoms with van der Waals surface area (Å²) in [6.45, 7) is 12.9. The summed E-state index contributed by atoms with van der Waals surface area (Å²) in [5, 5.41) is 5.98. The number of rotatable bonds is 6. The molecule has 0 saturated carbocycles. The molecule has 4 nitrogen and oxygen atoms in total. The van der Waals surface area contributed by atoms with Crippen LogP contribution in [0.5, 0.6) is 5.75 Å². The van der Waals surface area contributed by atoms with Crippen LogP contribution in [-0.2, 0) is 16.8 Å². The van der Waals surface area contributed by atoms with Gasteiger partial charge in [-0.2, -0.15) is 0 Å². The largest absolute Gasteiger partial charge is 0.481 e. The summed E-state index contributed by atoms with van der Waals surface area (Å²) < 4.78 is 5.81. The minimum atomic E-state index is -0.557. The maximum absolute atomic E-state index is 12.3. The van der Waals surface area contributed by atoms with E-state index in [0.29, 0.717) is 18.2 Å². The van der Waals surface area contributed by atoms with Gasteiger partial charge in [0, 0.05) is 11.3 Å². The predicted molar refractivity (Wildman–Crippen MR) is 103 cm³/mol. The van der Waals surface area contributed by atoms with Gasteiger partial charge in [-0.3, -0.25) is 4.79 Å². The molecule has 1 heterocycles. The third-order valence-corrected chi connectivity index (χ3v) is 5.08. The lowest BCUT2D eigenvalue weighted by Crippen LogP contribution is -2.36. The van der Waals surface area contributed by atoms with Crippen molar-refractivity contribution in [3.8, 4) is 5.75 Å². The lowest BCUT2D eigenvalue weighted by molar-refractivity contribution is -0.127. The Labute approximate surface area is 154 Å². The molecule has 136 valence electrons. The first-order chi connectivity index (χ1) is 11.7. The Hall–Kier alpha value is -1.88. The Morgan fingerprint density at radius 1 is 1.28 bits per heavy atom. The molecule has 1 aromatic carbocycles. The van der Waals surface area contributed by atoms with Crippen molar-refractivity contribution in [3.05, 3.63) is 45.9 Å². The summed E-state index contributed by atoms with van der Waals surface area (Å²) in [5.74, 6) is 0.984. The lowest BCUT2D eigenvalue weighted by Gasteiger charge is -2.21. The fraction of sp³-hybridized carbons (Fsp3) is 0.500. The van der Waals surface area contributed by atoms with Crippen LogP contribution in [0, 0.1) is 0 Å². The number of nitrogens with one attached hydrogen (secondary N) is 1. The number of hydrogen-bond donors (Lipinski definition) is 1. The quantitative estimate of drug-likeness (QED) is 0.816. The Balaban J connectivity index is 1.91. The molecule has 2 aromatic rings. The number of aromatic nitrogens is 1. The highest BCUT2D eigenvalue weighted by molar-refractivity contribution is 7.09. The zero-order valence-electron chi connectivity index (χ0n) is 15.9. The van der Waals surface area contributed by atoms with Crippen molar-refractivity contribution in [1.82, 2.24) is 10.3 Å². The molecule has 0 saturated heterocycles. The summed E-state index contributed by atoms with van der Waals surface area (Å²) >= 11 is 1.63. The number of nitrogens with zero attached hydrogens (tertiary/aromatic N) is 1. The number of hydrogen-bond acceptors (Lipinski definition) is 4. The minimum Gasteiger partial charge on any atom is -0.481 e. The number of amides is 1. The van der Waals surface area contributed by atoms with Gasteiger partial charge in [0.1, 0.15) is 5.75 Å². The van der Waals surface area contributed by atoms with Crippen LogP contribution in [0.15, 0.2) is 29.6 Å². The van der Waals surface area contributed by atoms with Crippen LogP contribution < -0.4 is 10.1 Å². The highest BCUT2D eigenvalue weighted by Gasteiger charge is 2.18. The highest BCUT2D eigenvalue weighted by Crippen LogP contribution is 2.26.